The number of ether oxygens (including phenoxy) is 2. The van der Waals surface area contributed by atoms with Gasteiger partial charge in [0, 0.05) is 12.1 Å². The molecular weight excluding hydrogens is 370 g/mol. The molecule has 0 saturated carbocycles. The third kappa shape index (κ3) is 5.01. The predicted octanol–water partition coefficient (Wildman–Crippen LogP) is 3.26. The lowest BCUT2D eigenvalue weighted by Gasteiger charge is -2.15. The van der Waals surface area contributed by atoms with E-state index in [1.165, 1.54) is 6.92 Å². The van der Waals surface area contributed by atoms with Crippen LogP contribution in [-0.4, -0.2) is 34.4 Å². The number of anilines is 1. The van der Waals surface area contributed by atoms with Gasteiger partial charge in [-0.3, -0.25) is 9.48 Å². The average Bonchev–Trinajstić information content (AvgIpc) is 2.79. The highest BCUT2D eigenvalue weighted by atomic mass is 35.5. The highest BCUT2D eigenvalue weighted by Crippen LogP contribution is 2.27. The summed E-state index contributed by atoms with van der Waals surface area (Å²) < 4.78 is 12.4. The summed E-state index contributed by atoms with van der Waals surface area (Å²) in [5.74, 6) is -0.484. The van der Waals surface area contributed by atoms with Crippen molar-refractivity contribution < 1.29 is 19.1 Å². The number of amides is 1. The summed E-state index contributed by atoms with van der Waals surface area (Å²) >= 11 is 5.98. The van der Waals surface area contributed by atoms with Crippen LogP contribution in [0.5, 0.6) is 5.75 Å². The minimum absolute atomic E-state index is 0.300. The Morgan fingerprint density at radius 1 is 1.22 bits per heavy atom. The summed E-state index contributed by atoms with van der Waals surface area (Å²) in [6, 6.07) is 3.51. The Kier molecular flexibility index (Phi) is 6.49. The van der Waals surface area contributed by atoms with Gasteiger partial charge < -0.3 is 14.8 Å². The van der Waals surface area contributed by atoms with E-state index in [-0.39, 0.29) is 6.61 Å². The topological polar surface area (TPSA) is 82.4 Å². The van der Waals surface area contributed by atoms with Crippen LogP contribution in [0.2, 0.25) is 5.02 Å². The van der Waals surface area contributed by atoms with Gasteiger partial charge in [-0.15, -0.1) is 0 Å². The van der Waals surface area contributed by atoms with Crippen LogP contribution in [0.4, 0.5) is 5.69 Å². The van der Waals surface area contributed by atoms with Crippen LogP contribution in [0, 0.1) is 27.7 Å². The molecule has 0 unspecified atom stereocenters. The molecule has 1 aromatic heterocycles. The number of carbonyl (C=O) groups is 2. The molecule has 0 saturated heterocycles. The van der Waals surface area contributed by atoms with E-state index in [0.29, 0.717) is 22.2 Å². The normalized spacial score (nSPS) is 11.8. The quantitative estimate of drug-likeness (QED) is 0.761. The molecule has 1 heterocycles. The smallest absolute Gasteiger partial charge is 0.344 e. The third-order valence-corrected chi connectivity index (χ3v) is 4.41. The molecule has 146 valence electrons. The van der Waals surface area contributed by atoms with Gasteiger partial charge in [0.25, 0.3) is 5.91 Å². The molecule has 1 atom stereocenters. The van der Waals surface area contributed by atoms with E-state index in [1.54, 1.807) is 30.8 Å². The van der Waals surface area contributed by atoms with Gasteiger partial charge in [0.1, 0.15) is 5.75 Å². The second-order valence-electron chi connectivity index (χ2n) is 6.45. The van der Waals surface area contributed by atoms with Crippen molar-refractivity contribution in [3.05, 3.63) is 39.7 Å². The molecule has 0 aliphatic heterocycles. The number of esters is 1. The number of benzene rings is 1. The largest absolute Gasteiger partial charge is 0.481 e. The number of nitrogens with zero attached hydrogens (tertiary/aromatic N) is 2. The van der Waals surface area contributed by atoms with Gasteiger partial charge in [0.15, 0.2) is 12.7 Å². The number of hydrogen-bond acceptors (Lipinski definition) is 5. The van der Waals surface area contributed by atoms with Crippen molar-refractivity contribution in [1.82, 2.24) is 9.78 Å². The van der Waals surface area contributed by atoms with Crippen LogP contribution >= 0.6 is 11.6 Å². The lowest BCUT2D eigenvalue weighted by Crippen LogP contribution is -2.32. The molecule has 0 radical (unpaired) electrons. The van der Waals surface area contributed by atoms with Crippen molar-refractivity contribution in [3.63, 3.8) is 0 Å². The van der Waals surface area contributed by atoms with Crippen LogP contribution in [0.1, 0.15) is 29.4 Å². The van der Waals surface area contributed by atoms with Crippen molar-refractivity contribution >= 4 is 29.2 Å². The van der Waals surface area contributed by atoms with Crippen molar-refractivity contribution in [1.29, 1.82) is 0 Å². The molecule has 1 amide bonds. The standard InChI is InChI=1S/C19H24ClN3O4/c1-10-7-15(20)8-11(2)18(10)26-9-16(24)27-14(5)19(25)21-17-12(3)22-23(6)13(17)4/h7-8,14H,9H2,1-6H3,(H,21,25)/t14-/m0/s1. The Balaban J connectivity index is 1.92. The van der Waals surface area contributed by atoms with Gasteiger partial charge in [-0.1, -0.05) is 11.6 Å². The molecule has 0 bridgehead atoms. The van der Waals surface area contributed by atoms with Gasteiger partial charge >= 0.3 is 5.97 Å². The predicted molar refractivity (Wildman–Crippen MR) is 103 cm³/mol. The van der Waals surface area contributed by atoms with Crippen molar-refractivity contribution in [2.45, 2.75) is 40.7 Å². The average molecular weight is 394 g/mol. The first-order chi connectivity index (χ1) is 12.6. The molecular formula is C19H24ClN3O4. The van der Waals surface area contributed by atoms with Crippen molar-refractivity contribution in [2.75, 3.05) is 11.9 Å². The van der Waals surface area contributed by atoms with Crippen LogP contribution < -0.4 is 10.1 Å². The molecule has 7 nitrogen and oxygen atoms in total. The van der Waals surface area contributed by atoms with Crippen LogP contribution in [0.25, 0.3) is 0 Å². The number of aromatic nitrogens is 2. The lowest BCUT2D eigenvalue weighted by atomic mass is 10.1. The maximum Gasteiger partial charge on any atom is 0.344 e. The van der Waals surface area contributed by atoms with E-state index in [9.17, 15) is 9.59 Å². The van der Waals surface area contributed by atoms with Crippen LogP contribution in [0.15, 0.2) is 12.1 Å². The Labute approximate surface area is 163 Å². The van der Waals surface area contributed by atoms with Crippen molar-refractivity contribution in [3.8, 4) is 5.75 Å². The number of rotatable bonds is 6. The Morgan fingerprint density at radius 2 is 1.81 bits per heavy atom. The van der Waals surface area contributed by atoms with Crippen LogP contribution in [-0.2, 0) is 21.4 Å². The summed E-state index contributed by atoms with van der Waals surface area (Å²) in [7, 11) is 1.79. The fourth-order valence-corrected chi connectivity index (χ4v) is 3.05. The fourth-order valence-electron chi connectivity index (χ4n) is 2.72. The maximum atomic E-state index is 12.3. The zero-order valence-electron chi connectivity index (χ0n) is 16.3. The highest BCUT2D eigenvalue weighted by Gasteiger charge is 2.21. The zero-order chi connectivity index (χ0) is 20.3. The van der Waals surface area contributed by atoms with Crippen molar-refractivity contribution in [2.24, 2.45) is 7.05 Å². The van der Waals surface area contributed by atoms with Gasteiger partial charge in [-0.25, -0.2) is 4.79 Å². The lowest BCUT2D eigenvalue weighted by molar-refractivity contribution is -0.155. The van der Waals surface area contributed by atoms with E-state index < -0.39 is 18.0 Å². The fraction of sp³-hybridized carbons (Fsp3) is 0.421. The van der Waals surface area contributed by atoms with Gasteiger partial charge in [0.05, 0.1) is 17.1 Å². The van der Waals surface area contributed by atoms with Gasteiger partial charge in [0.2, 0.25) is 0 Å². The Bertz CT molecular complexity index is 853. The molecule has 2 rings (SSSR count). The second-order valence-corrected chi connectivity index (χ2v) is 6.88. The molecule has 2 aromatic rings. The monoisotopic (exact) mass is 393 g/mol. The highest BCUT2D eigenvalue weighted by molar-refractivity contribution is 6.30. The number of nitrogens with one attached hydrogen (secondary N) is 1. The summed E-state index contributed by atoms with van der Waals surface area (Å²) in [5, 5.41) is 7.59. The second kappa shape index (κ2) is 8.43. The number of halogens is 1. The molecule has 8 heteroatoms. The molecule has 27 heavy (non-hydrogen) atoms. The summed E-state index contributed by atoms with van der Waals surface area (Å²) in [6.07, 6.45) is -0.965. The van der Waals surface area contributed by atoms with E-state index in [1.807, 2.05) is 20.8 Å². The molecule has 0 aliphatic rings. The molecule has 0 fully saturated rings. The first-order valence-electron chi connectivity index (χ1n) is 8.50. The van der Waals surface area contributed by atoms with E-state index >= 15 is 0 Å². The number of aryl methyl sites for hydroxylation is 4. The first kappa shape index (κ1) is 20.8. The van der Waals surface area contributed by atoms with E-state index in [2.05, 4.69) is 10.4 Å². The summed E-state index contributed by atoms with van der Waals surface area (Å²) in [6.45, 7) is 8.53. The minimum Gasteiger partial charge on any atom is -0.481 e. The SMILES string of the molecule is Cc1cc(Cl)cc(C)c1OCC(=O)O[C@@H](C)C(=O)Nc1c(C)nn(C)c1C. The molecule has 1 N–H and O–H groups in total. The van der Waals surface area contributed by atoms with Crippen LogP contribution in [0.3, 0.4) is 0 Å². The third-order valence-electron chi connectivity index (χ3n) is 4.19. The van der Waals surface area contributed by atoms with Gasteiger partial charge in [-0.05, 0) is 57.9 Å². The Morgan fingerprint density at radius 3 is 2.33 bits per heavy atom. The maximum absolute atomic E-state index is 12.3. The molecule has 0 spiro atoms. The van der Waals surface area contributed by atoms with E-state index in [0.717, 1.165) is 16.8 Å². The summed E-state index contributed by atoms with van der Waals surface area (Å²) in [4.78, 5) is 24.3. The minimum atomic E-state index is -0.965. The zero-order valence-corrected chi connectivity index (χ0v) is 17.1. The number of hydrogen-bond donors (Lipinski definition) is 1. The molecule has 0 aliphatic carbocycles. The van der Waals surface area contributed by atoms with E-state index in [4.69, 9.17) is 21.1 Å². The first-order valence-corrected chi connectivity index (χ1v) is 8.88. The summed E-state index contributed by atoms with van der Waals surface area (Å²) in [5.41, 5.74) is 3.77. The molecule has 1 aromatic carbocycles. The number of carbonyl (C=O) groups excluding carboxylic acids is 2. The van der Waals surface area contributed by atoms with Gasteiger partial charge in [-0.2, -0.15) is 5.10 Å². The Hall–Kier alpha value is -2.54.